The Morgan fingerprint density at radius 2 is 1.92 bits per heavy atom. The van der Waals surface area contributed by atoms with Crippen LogP contribution in [0.5, 0.6) is 5.75 Å². The molecule has 1 saturated heterocycles. The van der Waals surface area contributed by atoms with Gasteiger partial charge in [0, 0.05) is 13.0 Å². The van der Waals surface area contributed by atoms with Crippen molar-refractivity contribution >= 4 is 27.3 Å². The Morgan fingerprint density at radius 1 is 1.16 bits per heavy atom. The van der Waals surface area contributed by atoms with Gasteiger partial charge in [0.05, 0.1) is 17.1 Å². The van der Waals surface area contributed by atoms with E-state index in [1.54, 1.807) is 0 Å². The summed E-state index contributed by atoms with van der Waals surface area (Å²) in [5, 5.41) is 12.6. The zero-order valence-corrected chi connectivity index (χ0v) is 14.5. The molecule has 3 rings (SSSR count). The fourth-order valence-electron chi connectivity index (χ4n) is 2.82. The molecule has 2 N–H and O–H groups in total. The number of aryl methyl sites for hydroxylation is 1. The molecule has 2 aromatic rings. The average molecular weight is 360 g/mol. The third kappa shape index (κ3) is 4.11. The molecule has 7 heteroatoms. The number of carbonyl (C=O) groups excluding carboxylic acids is 1. The first-order chi connectivity index (χ1) is 12.0. The zero-order chi connectivity index (χ0) is 17.9. The quantitative estimate of drug-likeness (QED) is 0.802. The highest BCUT2D eigenvalue weighted by Crippen LogP contribution is 2.32. The summed E-state index contributed by atoms with van der Waals surface area (Å²) >= 11 is 0. The molecule has 1 amide bonds. The number of hydrogen-bond acceptors (Lipinski definition) is 4. The van der Waals surface area contributed by atoms with Crippen LogP contribution in [0.3, 0.4) is 0 Å². The van der Waals surface area contributed by atoms with Crippen LogP contribution in [-0.4, -0.2) is 31.7 Å². The molecule has 1 aliphatic rings. The molecular weight excluding hydrogens is 340 g/mol. The van der Waals surface area contributed by atoms with E-state index in [4.69, 9.17) is 0 Å². The highest BCUT2D eigenvalue weighted by Gasteiger charge is 2.28. The molecule has 0 saturated carbocycles. The lowest BCUT2D eigenvalue weighted by molar-refractivity contribution is -0.116. The molecule has 25 heavy (non-hydrogen) atoms. The Bertz CT molecular complexity index is 866. The van der Waals surface area contributed by atoms with Crippen molar-refractivity contribution in [3.05, 3.63) is 54.1 Å². The number of benzene rings is 2. The maximum Gasteiger partial charge on any atom is 0.235 e. The summed E-state index contributed by atoms with van der Waals surface area (Å²) < 4.78 is 25.3. The molecule has 132 valence electrons. The van der Waals surface area contributed by atoms with Crippen molar-refractivity contribution in [3.63, 3.8) is 0 Å². The van der Waals surface area contributed by atoms with Crippen LogP contribution in [0.15, 0.2) is 48.5 Å². The summed E-state index contributed by atoms with van der Waals surface area (Å²) in [6, 6.07) is 14.1. The number of anilines is 2. The molecule has 0 spiro atoms. The summed E-state index contributed by atoms with van der Waals surface area (Å²) in [4.78, 5) is 12.1. The van der Waals surface area contributed by atoms with E-state index < -0.39 is 10.0 Å². The zero-order valence-electron chi connectivity index (χ0n) is 13.7. The minimum atomic E-state index is -3.31. The summed E-state index contributed by atoms with van der Waals surface area (Å²) in [6.07, 6.45) is 1.44. The predicted octanol–water partition coefficient (Wildman–Crippen LogP) is 2.50. The minimum Gasteiger partial charge on any atom is -0.506 e. The summed E-state index contributed by atoms with van der Waals surface area (Å²) in [5.74, 6) is -0.207. The smallest absolute Gasteiger partial charge is 0.235 e. The number of sulfonamides is 1. The Balaban J connectivity index is 1.69. The Morgan fingerprint density at radius 3 is 2.60 bits per heavy atom. The van der Waals surface area contributed by atoms with Gasteiger partial charge in [0.1, 0.15) is 5.75 Å². The molecule has 0 aromatic heterocycles. The molecule has 0 bridgehead atoms. The first-order valence-corrected chi connectivity index (χ1v) is 9.74. The number of aromatic hydroxyl groups is 1. The van der Waals surface area contributed by atoms with Crippen molar-refractivity contribution in [1.82, 2.24) is 0 Å². The van der Waals surface area contributed by atoms with Crippen LogP contribution in [0.25, 0.3) is 0 Å². The number of amides is 1. The van der Waals surface area contributed by atoms with Gasteiger partial charge in [-0.3, -0.25) is 9.10 Å². The maximum atomic E-state index is 12.1. The molecule has 0 radical (unpaired) electrons. The number of phenolic OH excluding ortho intramolecular Hbond substituents is 1. The standard InChI is InChI=1S/C18H20N2O4S/c21-17-9-8-15(20-11-4-12-25(20,23)24)13-16(17)19-18(22)10-7-14-5-2-1-3-6-14/h1-3,5-6,8-9,13,21H,4,7,10-12H2,(H,19,22). The molecule has 0 atom stereocenters. The maximum absolute atomic E-state index is 12.1. The van der Waals surface area contributed by atoms with E-state index in [-0.39, 0.29) is 29.5 Å². The Hall–Kier alpha value is -2.54. The molecule has 6 nitrogen and oxygen atoms in total. The normalized spacial score (nSPS) is 15.9. The van der Waals surface area contributed by atoms with Crippen molar-refractivity contribution in [2.24, 2.45) is 0 Å². The molecule has 1 fully saturated rings. The summed E-state index contributed by atoms with van der Waals surface area (Å²) in [7, 11) is -3.31. The molecule has 0 unspecified atom stereocenters. The van der Waals surface area contributed by atoms with E-state index in [0.29, 0.717) is 25.1 Å². The third-order valence-electron chi connectivity index (χ3n) is 4.13. The van der Waals surface area contributed by atoms with Crippen molar-refractivity contribution < 1.29 is 18.3 Å². The van der Waals surface area contributed by atoms with Gasteiger partial charge < -0.3 is 10.4 Å². The van der Waals surface area contributed by atoms with E-state index in [1.807, 2.05) is 30.3 Å². The fraction of sp³-hybridized carbons (Fsp3) is 0.278. The highest BCUT2D eigenvalue weighted by atomic mass is 32.2. The third-order valence-corrected chi connectivity index (χ3v) is 5.99. The minimum absolute atomic E-state index is 0.0894. The van der Waals surface area contributed by atoms with Gasteiger partial charge in [0.2, 0.25) is 15.9 Å². The molecule has 0 aliphatic carbocycles. The van der Waals surface area contributed by atoms with Crippen LogP contribution in [0, 0.1) is 0 Å². The van der Waals surface area contributed by atoms with E-state index in [9.17, 15) is 18.3 Å². The predicted molar refractivity (Wildman–Crippen MR) is 97.2 cm³/mol. The van der Waals surface area contributed by atoms with Gasteiger partial charge in [0.25, 0.3) is 0 Å². The number of hydrogen-bond donors (Lipinski definition) is 2. The van der Waals surface area contributed by atoms with Gasteiger partial charge in [-0.25, -0.2) is 8.42 Å². The van der Waals surface area contributed by atoms with Crippen LogP contribution >= 0.6 is 0 Å². The van der Waals surface area contributed by atoms with Crippen molar-refractivity contribution in [2.45, 2.75) is 19.3 Å². The van der Waals surface area contributed by atoms with Gasteiger partial charge in [-0.15, -0.1) is 0 Å². The van der Waals surface area contributed by atoms with Gasteiger partial charge in [-0.1, -0.05) is 30.3 Å². The van der Waals surface area contributed by atoms with Gasteiger partial charge in [-0.2, -0.15) is 0 Å². The summed E-state index contributed by atoms with van der Waals surface area (Å²) in [5.41, 5.74) is 1.73. The van der Waals surface area contributed by atoms with Crippen molar-refractivity contribution in [2.75, 3.05) is 21.9 Å². The van der Waals surface area contributed by atoms with Crippen molar-refractivity contribution in [3.8, 4) is 5.75 Å². The van der Waals surface area contributed by atoms with Gasteiger partial charge >= 0.3 is 0 Å². The highest BCUT2D eigenvalue weighted by molar-refractivity contribution is 7.93. The topological polar surface area (TPSA) is 86.7 Å². The average Bonchev–Trinajstić information content (AvgIpc) is 2.95. The Kier molecular flexibility index (Phi) is 4.94. The number of rotatable bonds is 5. The second-order valence-electron chi connectivity index (χ2n) is 5.98. The molecular formula is C18H20N2O4S. The lowest BCUT2D eigenvalue weighted by Gasteiger charge is -2.18. The molecule has 2 aromatic carbocycles. The van der Waals surface area contributed by atoms with E-state index in [1.165, 1.54) is 22.5 Å². The number of nitrogens with zero attached hydrogens (tertiary/aromatic N) is 1. The van der Waals surface area contributed by atoms with Crippen LogP contribution < -0.4 is 9.62 Å². The lowest BCUT2D eigenvalue weighted by Crippen LogP contribution is -2.25. The second kappa shape index (κ2) is 7.14. The van der Waals surface area contributed by atoms with Crippen LogP contribution in [0.4, 0.5) is 11.4 Å². The number of phenols is 1. The Labute approximate surface area is 147 Å². The van der Waals surface area contributed by atoms with Gasteiger partial charge in [-0.05, 0) is 36.6 Å². The van der Waals surface area contributed by atoms with E-state index in [0.717, 1.165) is 5.56 Å². The summed E-state index contributed by atoms with van der Waals surface area (Å²) in [6.45, 7) is 0.411. The van der Waals surface area contributed by atoms with Gasteiger partial charge in [0.15, 0.2) is 0 Å². The van der Waals surface area contributed by atoms with Crippen molar-refractivity contribution in [1.29, 1.82) is 0 Å². The van der Waals surface area contributed by atoms with E-state index in [2.05, 4.69) is 5.32 Å². The number of nitrogens with one attached hydrogen (secondary N) is 1. The van der Waals surface area contributed by atoms with E-state index >= 15 is 0 Å². The molecule has 1 aliphatic heterocycles. The van der Waals surface area contributed by atoms with Crippen LogP contribution in [-0.2, 0) is 21.2 Å². The first-order valence-electron chi connectivity index (χ1n) is 8.13. The monoisotopic (exact) mass is 360 g/mol. The molecule has 1 heterocycles. The second-order valence-corrected chi connectivity index (χ2v) is 7.99. The lowest BCUT2D eigenvalue weighted by atomic mass is 10.1. The number of carbonyl (C=O) groups is 1. The van der Waals surface area contributed by atoms with Crippen LogP contribution in [0.1, 0.15) is 18.4 Å². The van der Waals surface area contributed by atoms with Crippen LogP contribution in [0.2, 0.25) is 0 Å². The SMILES string of the molecule is O=C(CCc1ccccc1)Nc1cc(N2CCCS2(=O)=O)ccc1O. The fourth-order valence-corrected chi connectivity index (χ4v) is 4.38. The largest absolute Gasteiger partial charge is 0.506 e. The first kappa shape index (κ1) is 17.3.